The number of carbonyl (C=O) groups is 3. The topological polar surface area (TPSA) is 78.5 Å². The summed E-state index contributed by atoms with van der Waals surface area (Å²) in [5.41, 5.74) is 0. The Bertz CT molecular complexity index is 251. The third-order valence-corrected chi connectivity index (χ3v) is 1.54. The quantitative estimate of drug-likeness (QED) is 0.472. The van der Waals surface area contributed by atoms with Crippen LogP contribution in [0.3, 0.4) is 0 Å². The fourth-order valence-corrected chi connectivity index (χ4v) is 0.818. The molecule has 0 aromatic carbocycles. The third kappa shape index (κ3) is 7.48. The van der Waals surface area contributed by atoms with Crippen molar-refractivity contribution in [1.82, 2.24) is 15.5 Å². The van der Waals surface area contributed by atoms with Gasteiger partial charge in [0.15, 0.2) is 0 Å². The van der Waals surface area contributed by atoms with Gasteiger partial charge in [-0.05, 0) is 6.92 Å². The fraction of sp³-hybridized carbons (Fsp3) is 0.667. The van der Waals surface area contributed by atoms with Crippen LogP contribution in [0.1, 0.15) is 13.3 Å². The molecule has 0 aliphatic heterocycles. The highest BCUT2D eigenvalue weighted by atomic mass is 16.2. The second-order valence-electron chi connectivity index (χ2n) is 3.36. The molecule has 0 aromatic rings. The number of hydrogen-bond acceptors (Lipinski definition) is 3. The van der Waals surface area contributed by atoms with E-state index >= 15 is 0 Å². The molecule has 0 aliphatic carbocycles. The SMILES string of the molecule is CC(=O)CC(=O)NCCNC(=O)N(C)C. The molecule has 0 saturated carbocycles. The second kappa shape index (κ2) is 6.80. The van der Waals surface area contributed by atoms with Gasteiger partial charge in [0.25, 0.3) is 0 Å². The molecule has 0 aromatic heterocycles. The summed E-state index contributed by atoms with van der Waals surface area (Å²) in [5.74, 6) is -0.494. The Labute approximate surface area is 89.0 Å². The van der Waals surface area contributed by atoms with Gasteiger partial charge >= 0.3 is 6.03 Å². The Morgan fingerprint density at radius 1 is 1.07 bits per heavy atom. The first-order valence-electron chi connectivity index (χ1n) is 4.64. The number of rotatable bonds is 5. The average molecular weight is 215 g/mol. The molecule has 86 valence electrons. The first-order chi connectivity index (χ1) is 6.93. The second-order valence-corrected chi connectivity index (χ2v) is 3.36. The highest BCUT2D eigenvalue weighted by molar-refractivity contribution is 5.96. The van der Waals surface area contributed by atoms with Crippen molar-refractivity contribution in [2.45, 2.75) is 13.3 Å². The Balaban J connectivity index is 3.50. The van der Waals surface area contributed by atoms with Crippen molar-refractivity contribution >= 4 is 17.7 Å². The monoisotopic (exact) mass is 215 g/mol. The van der Waals surface area contributed by atoms with Crippen LogP contribution in [0.5, 0.6) is 0 Å². The van der Waals surface area contributed by atoms with Crippen LogP contribution in [0.15, 0.2) is 0 Å². The van der Waals surface area contributed by atoms with Gasteiger partial charge in [-0.25, -0.2) is 4.79 Å². The van der Waals surface area contributed by atoms with Crippen molar-refractivity contribution in [2.75, 3.05) is 27.2 Å². The van der Waals surface area contributed by atoms with E-state index in [-0.39, 0.29) is 24.1 Å². The van der Waals surface area contributed by atoms with Crippen LogP contribution < -0.4 is 10.6 Å². The van der Waals surface area contributed by atoms with Crippen LogP contribution in [0, 0.1) is 0 Å². The number of amides is 3. The summed E-state index contributed by atoms with van der Waals surface area (Å²) < 4.78 is 0. The molecule has 0 spiro atoms. The number of urea groups is 1. The van der Waals surface area contributed by atoms with Crippen LogP contribution in [-0.4, -0.2) is 49.8 Å². The Morgan fingerprint density at radius 3 is 2.07 bits per heavy atom. The molecule has 0 radical (unpaired) electrons. The first kappa shape index (κ1) is 13.4. The Kier molecular flexibility index (Phi) is 6.08. The molecule has 3 amide bonds. The van der Waals surface area contributed by atoms with Crippen LogP contribution in [0.25, 0.3) is 0 Å². The van der Waals surface area contributed by atoms with E-state index in [1.807, 2.05) is 0 Å². The summed E-state index contributed by atoms with van der Waals surface area (Å²) in [7, 11) is 3.26. The standard InChI is InChI=1S/C9H17N3O3/c1-7(13)6-8(14)10-4-5-11-9(15)12(2)3/h4-6H2,1-3H3,(H,10,14)(H,11,15). The Morgan fingerprint density at radius 2 is 1.60 bits per heavy atom. The summed E-state index contributed by atoms with van der Waals surface area (Å²) in [5, 5.41) is 5.09. The van der Waals surface area contributed by atoms with Gasteiger partial charge in [-0.2, -0.15) is 0 Å². The lowest BCUT2D eigenvalue weighted by Gasteiger charge is -2.11. The number of ketones is 1. The molecule has 0 rings (SSSR count). The largest absolute Gasteiger partial charge is 0.354 e. The molecular weight excluding hydrogens is 198 g/mol. The summed E-state index contributed by atoms with van der Waals surface area (Å²) in [4.78, 5) is 33.9. The maximum absolute atomic E-state index is 11.0. The van der Waals surface area contributed by atoms with E-state index in [2.05, 4.69) is 10.6 Å². The van der Waals surface area contributed by atoms with E-state index in [0.29, 0.717) is 13.1 Å². The molecule has 0 bridgehead atoms. The minimum absolute atomic E-state index is 0.109. The summed E-state index contributed by atoms with van der Waals surface area (Å²) in [6, 6.07) is -0.212. The third-order valence-electron chi connectivity index (χ3n) is 1.54. The van der Waals surface area contributed by atoms with Gasteiger partial charge in [-0.15, -0.1) is 0 Å². The fourth-order valence-electron chi connectivity index (χ4n) is 0.818. The van der Waals surface area contributed by atoms with E-state index in [1.165, 1.54) is 11.8 Å². The van der Waals surface area contributed by atoms with E-state index in [1.54, 1.807) is 14.1 Å². The highest BCUT2D eigenvalue weighted by Gasteiger charge is 2.04. The van der Waals surface area contributed by atoms with E-state index in [4.69, 9.17) is 0 Å². The van der Waals surface area contributed by atoms with Gasteiger partial charge in [0.1, 0.15) is 5.78 Å². The van der Waals surface area contributed by atoms with Crippen molar-refractivity contribution < 1.29 is 14.4 Å². The molecule has 0 heterocycles. The zero-order chi connectivity index (χ0) is 11.8. The van der Waals surface area contributed by atoms with Crippen molar-refractivity contribution in [3.05, 3.63) is 0 Å². The Hall–Kier alpha value is -1.59. The lowest BCUT2D eigenvalue weighted by atomic mass is 10.3. The molecule has 0 aliphatic rings. The minimum Gasteiger partial charge on any atom is -0.354 e. The zero-order valence-corrected chi connectivity index (χ0v) is 9.29. The van der Waals surface area contributed by atoms with Crippen LogP contribution >= 0.6 is 0 Å². The van der Waals surface area contributed by atoms with Gasteiger partial charge in [0, 0.05) is 27.2 Å². The van der Waals surface area contributed by atoms with Gasteiger partial charge in [0.2, 0.25) is 5.91 Å². The predicted molar refractivity (Wildman–Crippen MR) is 55.4 cm³/mol. The first-order valence-corrected chi connectivity index (χ1v) is 4.64. The molecule has 6 heteroatoms. The van der Waals surface area contributed by atoms with Crippen molar-refractivity contribution in [1.29, 1.82) is 0 Å². The normalized spacial score (nSPS) is 9.27. The van der Waals surface area contributed by atoms with Gasteiger partial charge in [0.05, 0.1) is 6.42 Å². The summed E-state index contributed by atoms with van der Waals surface area (Å²) >= 11 is 0. The van der Waals surface area contributed by atoms with E-state index < -0.39 is 0 Å². The molecule has 2 N–H and O–H groups in total. The number of carbonyl (C=O) groups excluding carboxylic acids is 3. The van der Waals surface area contributed by atoms with Crippen molar-refractivity contribution in [3.8, 4) is 0 Å². The summed E-state index contributed by atoms with van der Waals surface area (Å²) in [6.45, 7) is 2.03. The van der Waals surface area contributed by atoms with E-state index in [9.17, 15) is 14.4 Å². The van der Waals surface area contributed by atoms with Crippen LogP contribution in [-0.2, 0) is 9.59 Å². The highest BCUT2D eigenvalue weighted by Crippen LogP contribution is 1.80. The molecule has 0 fully saturated rings. The number of nitrogens with zero attached hydrogens (tertiary/aromatic N) is 1. The molecule has 0 atom stereocenters. The zero-order valence-electron chi connectivity index (χ0n) is 9.29. The van der Waals surface area contributed by atoms with Gasteiger partial charge in [-0.3, -0.25) is 9.59 Å². The predicted octanol–water partition coefficient (Wildman–Crippen LogP) is -0.647. The van der Waals surface area contributed by atoms with Crippen LogP contribution in [0.4, 0.5) is 4.79 Å². The molecular formula is C9H17N3O3. The van der Waals surface area contributed by atoms with Crippen molar-refractivity contribution in [2.24, 2.45) is 0 Å². The maximum Gasteiger partial charge on any atom is 0.316 e. The smallest absolute Gasteiger partial charge is 0.316 e. The molecule has 0 saturated heterocycles. The maximum atomic E-state index is 11.0. The number of hydrogen-bond donors (Lipinski definition) is 2. The molecule has 15 heavy (non-hydrogen) atoms. The minimum atomic E-state index is -0.318. The lowest BCUT2D eigenvalue weighted by Crippen LogP contribution is -2.39. The number of nitrogens with one attached hydrogen (secondary N) is 2. The average Bonchev–Trinajstić information content (AvgIpc) is 2.10. The number of Topliss-reactive ketones (excluding diaryl/α,β-unsaturated/α-hetero) is 1. The van der Waals surface area contributed by atoms with Gasteiger partial charge < -0.3 is 15.5 Å². The molecule has 6 nitrogen and oxygen atoms in total. The van der Waals surface area contributed by atoms with Crippen molar-refractivity contribution in [3.63, 3.8) is 0 Å². The summed E-state index contributed by atoms with van der Waals surface area (Å²) in [6.07, 6.45) is -0.109. The van der Waals surface area contributed by atoms with Crippen LogP contribution in [0.2, 0.25) is 0 Å². The molecule has 0 unspecified atom stereocenters. The van der Waals surface area contributed by atoms with E-state index in [0.717, 1.165) is 0 Å². The van der Waals surface area contributed by atoms with Gasteiger partial charge in [-0.1, -0.05) is 0 Å². The lowest BCUT2D eigenvalue weighted by molar-refractivity contribution is -0.127.